The Morgan fingerprint density at radius 3 is 2.70 bits per heavy atom. The van der Waals surface area contributed by atoms with E-state index in [0.717, 1.165) is 58.2 Å². The lowest BCUT2D eigenvalue weighted by Gasteiger charge is -2.24. The van der Waals surface area contributed by atoms with Crippen LogP contribution in [0.5, 0.6) is 0 Å². The van der Waals surface area contributed by atoms with E-state index < -0.39 is 0 Å². The second kappa shape index (κ2) is 9.74. The van der Waals surface area contributed by atoms with Crippen molar-refractivity contribution in [3.8, 4) is 0 Å². The SMILES string of the molecule is CCNC(=NCCCC(=O)N1Cc2ccccc2C1)N(C)CC1CCOC1. The van der Waals surface area contributed by atoms with Gasteiger partial charge in [-0.15, -0.1) is 0 Å². The van der Waals surface area contributed by atoms with E-state index in [1.54, 1.807) is 0 Å². The van der Waals surface area contributed by atoms with Gasteiger partial charge in [-0.2, -0.15) is 0 Å². The number of nitrogens with one attached hydrogen (secondary N) is 1. The van der Waals surface area contributed by atoms with E-state index in [1.165, 1.54) is 11.1 Å². The third kappa shape index (κ3) is 5.45. The maximum atomic E-state index is 12.5. The Hall–Kier alpha value is -2.08. The molecule has 1 amide bonds. The van der Waals surface area contributed by atoms with Crippen LogP contribution < -0.4 is 5.32 Å². The quantitative estimate of drug-likeness (QED) is 0.453. The van der Waals surface area contributed by atoms with E-state index in [9.17, 15) is 4.79 Å². The lowest BCUT2D eigenvalue weighted by atomic mass is 10.1. The van der Waals surface area contributed by atoms with E-state index in [-0.39, 0.29) is 5.91 Å². The fourth-order valence-electron chi connectivity index (χ4n) is 3.75. The number of fused-ring (bicyclic) bond motifs is 1. The molecular formula is C21H32N4O2. The van der Waals surface area contributed by atoms with Crippen LogP contribution in [0.2, 0.25) is 0 Å². The smallest absolute Gasteiger partial charge is 0.223 e. The zero-order valence-corrected chi connectivity index (χ0v) is 16.6. The number of nitrogens with zero attached hydrogens (tertiary/aromatic N) is 3. The number of hydrogen-bond donors (Lipinski definition) is 1. The predicted octanol–water partition coefficient (Wildman–Crippen LogP) is 2.24. The molecule has 27 heavy (non-hydrogen) atoms. The number of ether oxygens (including phenoxy) is 1. The molecule has 1 atom stereocenters. The molecule has 0 aliphatic carbocycles. The number of aliphatic imine (C=N–C) groups is 1. The summed E-state index contributed by atoms with van der Waals surface area (Å²) in [5, 5.41) is 3.35. The molecule has 6 heteroatoms. The highest BCUT2D eigenvalue weighted by molar-refractivity contribution is 5.80. The first-order valence-electron chi connectivity index (χ1n) is 10.1. The summed E-state index contributed by atoms with van der Waals surface area (Å²) in [5.74, 6) is 1.73. The van der Waals surface area contributed by atoms with E-state index in [0.29, 0.717) is 18.9 Å². The van der Waals surface area contributed by atoms with Crippen molar-refractivity contribution in [2.75, 3.05) is 39.9 Å². The fourth-order valence-corrected chi connectivity index (χ4v) is 3.75. The number of rotatable bonds is 7. The van der Waals surface area contributed by atoms with E-state index in [2.05, 4.69) is 36.3 Å². The topological polar surface area (TPSA) is 57.2 Å². The van der Waals surface area contributed by atoms with Crippen molar-refractivity contribution in [2.24, 2.45) is 10.9 Å². The number of carbonyl (C=O) groups excluding carboxylic acids is 1. The molecule has 3 rings (SSSR count). The maximum absolute atomic E-state index is 12.5. The van der Waals surface area contributed by atoms with Gasteiger partial charge in [-0.05, 0) is 30.9 Å². The van der Waals surface area contributed by atoms with Crippen LogP contribution in [0.15, 0.2) is 29.3 Å². The van der Waals surface area contributed by atoms with Crippen LogP contribution in [0.3, 0.4) is 0 Å². The summed E-state index contributed by atoms with van der Waals surface area (Å²) < 4.78 is 5.47. The average molecular weight is 373 g/mol. The second-order valence-corrected chi connectivity index (χ2v) is 7.47. The lowest BCUT2D eigenvalue weighted by molar-refractivity contribution is -0.131. The van der Waals surface area contributed by atoms with Gasteiger partial charge in [0.15, 0.2) is 5.96 Å². The summed E-state index contributed by atoms with van der Waals surface area (Å²) in [7, 11) is 2.08. The highest BCUT2D eigenvalue weighted by Crippen LogP contribution is 2.23. The summed E-state index contributed by atoms with van der Waals surface area (Å²) in [6.07, 6.45) is 2.45. The normalized spacial score (nSPS) is 19.3. The molecule has 0 bridgehead atoms. The molecule has 2 aliphatic heterocycles. The third-order valence-electron chi connectivity index (χ3n) is 5.26. The predicted molar refractivity (Wildman–Crippen MR) is 107 cm³/mol. The van der Waals surface area contributed by atoms with Gasteiger partial charge in [-0.3, -0.25) is 9.79 Å². The first kappa shape index (κ1) is 19.7. The molecular weight excluding hydrogens is 340 g/mol. The fraction of sp³-hybridized carbons (Fsp3) is 0.619. The van der Waals surface area contributed by atoms with Gasteiger partial charge in [-0.1, -0.05) is 24.3 Å². The van der Waals surface area contributed by atoms with Gasteiger partial charge >= 0.3 is 0 Å². The van der Waals surface area contributed by atoms with Crippen LogP contribution in [-0.4, -0.2) is 61.6 Å². The Labute approximate surface area is 162 Å². The van der Waals surface area contributed by atoms with E-state index in [4.69, 9.17) is 9.73 Å². The number of hydrogen-bond acceptors (Lipinski definition) is 3. The van der Waals surface area contributed by atoms with Crippen LogP contribution in [-0.2, 0) is 22.6 Å². The Morgan fingerprint density at radius 1 is 1.33 bits per heavy atom. The minimum absolute atomic E-state index is 0.225. The van der Waals surface area contributed by atoms with Crippen LogP contribution in [0, 0.1) is 5.92 Å². The Balaban J connectivity index is 1.43. The molecule has 0 radical (unpaired) electrons. The van der Waals surface area contributed by atoms with Gasteiger partial charge in [0.1, 0.15) is 0 Å². The van der Waals surface area contributed by atoms with Gasteiger partial charge in [0.25, 0.3) is 0 Å². The van der Waals surface area contributed by atoms with E-state index >= 15 is 0 Å². The molecule has 1 N–H and O–H groups in total. The minimum atomic E-state index is 0.225. The van der Waals surface area contributed by atoms with Crippen molar-refractivity contribution < 1.29 is 9.53 Å². The molecule has 1 saturated heterocycles. The maximum Gasteiger partial charge on any atom is 0.223 e. The minimum Gasteiger partial charge on any atom is -0.381 e. The second-order valence-electron chi connectivity index (χ2n) is 7.47. The summed E-state index contributed by atoms with van der Waals surface area (Å²) in [6.45, 7) is 7.74. The van der Waals surface area contributed by atoms with Crippen molar-refractivity contribution in [1.29, 1.82) is 0 Å². The Kier molecular flexibility index (Phi) is 7.10. The van der Waals surface area contributed by atoms with Gasteiger partial charge in [-0.25, -0.2) is 0 Å². The molecule has 1 aromatic rings. The zero-order chi connectivity index (χ0) is 19.1. The molecule has 1 fully saturated rings. The molecule has 1 aromatic carbocycles. The Bertz CT molecular complexity index is 630. The number of carbonyl (C=O) groups is 1. The van der Waals surface area contributed by atoms with E-state index in [1.807, 2.05) is 17.0 Å². The summed E-state index contributed by atoms with van der Waals surface area (Å²) in [5.41, 5.74) is 2.55. The van der Waals surface area contributed by atoms with Crippen LogP contribution in [0.25, 0.3) is 0 Å². The van der Waals surface area contributed by atoms with Crippen molar-refractivity contribution in [1.82, 2.24) is 15.1 Å². The van der Waals surface area contributed by atoms with Crippen molar-refractivity contribution in [3.05, 3.63) is 35.4 Å². The molecule has 148 valence electrons. The largest absolute Gasteiger partial charge is 0.381 e. The van der Waals surface area contributed by atoms with Gasteiger partial charge in [0.2, 0.25) is 5.91 Å². The summed E-state index contributed by atoms with van der Waals surface area (Å²) >= 11 is 0. The molecule has 1 unspecified atom stereocenters. The van der Waals surface area contributed by atoms with Crippen molar-refractivity contribution in [3.63, 3.8) is 0 Å². The van der Waals surface area contributed by atoms with Gasteiger partial charge < -0.3 is 19.9 Å². The average Bonchev–Trinajstić information content (AvgIpc) is 3.33. The molecule has 0 spiro atoms. The van der Waals surface area contributed by atoms with Crippen LogP contribution >= 0.6 is 0 Å². The molecule has 0 aromatic heterocycles. The summed E-state index contributed by atoms with van der Waals surface area (Å²) in [4.78, 5) is 21.3. The standard InChI is InChI=1S/C21H32N4O2/c1-3-22-21(24(2)13-17-10-12-27-16-17)23-11-6-9-20(26)25-14-18-7-4-5-8-19(18)15-25/h4-5,7-8,17H,3,6,9-16H2,1-2H3,(H,22,23). The van der Waals surface area contributed by atoms with Gasteiger partial charge in [0.05, 0.1) is 6.61 Å². The highest BCUT2D eigenvalue weighted by Gasteiger charge is 2.22. The number of amides is 1. The molecule has 2 heterocycles. The van der Waals surface area contributed by atoms with Crippen LogP contribution in [0.1, 0.15) is 37.3 Å². The van der Waals surface area contributed by atoms with Gasteiger partial charge in [0, 0.05) is 58.7 Å². The molecule has 2 aliphatic rings. The lowest BCUT2D eigenvalue weighted by Crippen LogP contribution is -2.41. The van der Waals surface area contributed by atoms with Crippen molar-refractivity contribution in [2.45, 2.75) is 39.3 Å². The summed E-state index contributed by atoms with van der Waals surface area (Å²) in [6, 6.07) is 8.30. The molecule has 6 nitrogen and oxygen atoms in total. The highest BCUT2D eigenvalue weighted by atomic mass is 16.5. The first-order chi connectivity index (χ1) is 13.2. The Morgan fingerprint density at radius 2 is 2.07 bits per heavy atom. The zero-order valence-electron chi connectivity index (χ0n) is 16.6. The monoisotopic (exact) mass is 372 g/mol. The molecule has 0 saturated carbocycles. The van der Waals surface area contributed by atoms with Crippen molar-refractivity contribution >= 4 is 11.9 Å². The number of guanidine groups is 1. The number of benzene rings is 1. The third-order valence-corrected chi connectivity index (χ3v) is 5.26. The first-order valence-corrected chi connectivity index (χ1v) is 10.1. The van der Waals surface area contributed by atoms with Crippen LogP contribution in [0.4, 0.5) is 0 Å².